The molecular weight excluding hydrogens is 292 g/mol. The first-order valence-electron chi connectivity index (χ1n) is 6.19. The lowest BCUT2D eigenvalue weighted by Crippen LogP contribution is -2.27. The molecule has 2 aromatic rings. The zero-order valence-corrected chi connectivity index (χ0v) is 12.5. The molecule has 2 rings (SSSR count). The van der Waals surface area contributed by atoms with Gasteiger partial charge in [0.05, 0.1) is 17.3 Å². The van der Waals surface area contributed by atoms with Crippen LogP contribution in [0.5, 0.6) is 0 Å². The number of nitrogens with zero attached hydrogens (tertiary/aromatic N) is 2. The average Bonchev–Trinajstić information content (AvgIpc) is 2.84. The molecule has 112 valence electrons. The molecule has 0 bridgehead atoms. The summed E-state index contributed by atoms with van der Waals surface area (Å²) >= 11 is 0. The molecule has 1 aromatic carbocycles. The maximum absolute atomic E-state index is 12.0. The van der Waals surface area contributed by atoms with Gasteiger partial charge in [-0.1, -0.05) is 12.1 Å². The van der Waals surface area contributed by atoms with Gasteiger partial charge in [-0.25, -0.2) is 18.5 Å². The van der Waals surface area contributed by atoms with E-state index in [1.807, 2.05) is 0 Å². The SMILES string of the molecule is CC(NC(=O)c1cn(C)cn1)c1cccc(S(N)(=O)=O)c1. The van der Waals surface area contributed by atoms with Gasteiger partial charge >= 0.3 is 0 Å². The van der Waals surface area contributed by atoms with Crippen LogP contribution in [0.25, 0.3) is 0 Å². The summed E-state index contributed by atoms with van der Waals surface area (Å²) in [5, 5.41) is 7.85. The minimum atomic E-state index is -3.76. The molecule has 0 spiro atoms. The number of rotatable bonds is 4. The Morgan fingerprint density at radius 2 is 2.14 bits per heavy atom. The van der Waals surface area contributed by atoms with Gasteiger partial charge in [-0.3, -0.25) is 4.79 Å². The number of hydrogen-bond donors (Lipinski definition) is 2. The number of benzene rings is 1. The monoisotopic (exact) mass is 308 g/mol. The number of carbonyl (C=O) groups excluding carboxylic acids is 1. The normalized spacial score (nSPS) is 12.9. The van der Waals surface area contributed by atoms with E-state index in [4.69, 9.17) is 5.14 Å². The lowest BCUT2D eigenvalue weighted by Gasteiger charge is -2.14. The molecule has 0 saturated carbocycles. The molecule has 1 atom stereocenters. The predicted molar refractivity (Wildman–Crippen MR) is 76.9 cm³/mol. The van der Waals surface area contributed by atoms with Crippen molar-refractivity contribution in [1.29, 1.82) is 0 Å². The second-order valence-corrected chi connectivity index (χ2v) is 6.30. The molecule has 8 heteroatoms. The first-order valence-corrected chi connectivity index (χ1v) is 7.73. The minimum Gasteiger partial charge on any atom is -0.344 e. The summed E-state index contributed by atoms with van der Waals surface area (Å²) in [5.41, 5.74) is 0.942. The number of carbonyl (C=O) groups is 1. The van der Waals surface area contributed by atoms with Gasteiger partial charge in [0, 0.05) is 13.2 Å². The van der Waals surface area contributed by atoms with Crippen LogP contribution in [0.1, 0.15) is 29.0 Å². The highest BCUT2D eigenvalue weighted by atomic mass is 32.2. The Morgan fingerprint density at radius 3 is 2.71 bits per heavy atom. The highest BCUT2D eigenvalue weighted by molar-refractivity contribution is 7.89. The molecule has 7 nitrogen and oxygen atoms in total. The van der Waals surface area contributed by atoms with Crippen molar-refractivity contribution < 1.29 is 13.2 Å². The van der Waals surface area contributed by atoms with E-state index in [9.17, 15) is 13.2 Å². The molecule has 0 radical (unpaired) electrons. The van der Waals surface area contributed by atoms with Crippen molar-refractivity contribution in [2.75, 3.05) is 0 Å². The van der Waals surface area contributed by atoms with Crippen molar-refractivity contribution in [1.82, 2.24) is 14.9 Å². The molecule has 21 heavy (non-hydrogen) atoms. The van der Waals surface area contributed by atoms with Crippen LogP contribution in [0, 0.1) is 0 Å². The fourth-order valence-electron chi connectivity index (χ4n) is 1.84. The van der Waals surface area contributed by atoms with Gasteiger partial charge in [0.1, 0.15) is 5.69 Å². The number of nitrogens with one attached hydrogen (secondary N) is 1. The fourth-order valence-corrected chi connectivity index (χ4v) is 2.41. The summed E-state index contributed by atoms with van der Waals surface area (Å²) in [7, 11) is -2.00. The second kappa shape index (κ2) is 5.66. The van der Waals surface area contributed by atoms with Gasteiger partial charge < -0.3 is 9.88 Å². The smallest absolute Gasteiger partial charge is 0.271 e. The number of nitrogens with two attached hydrogens (primary N) is 1. The molecule has 0 aliphatic carbocycles. The van der Waals surface area contributed by atoms with Crippen molar-refractivity contribution in [3.63, 3.8) is 0 Å². The van der Waals surface area contributed by atoms with E-state index in [1.165, 1.54) is 18.5 Å². The molecule has 1 aromatic heterocycles. The molecule has 1 heterocycles. The Hall–Kier alpha value is -2.19. The molecule has 0 fully saturated rings. The van der Waals surface area contributed by atoms with Crippen LogP contribution in [0.2, 0.25) is 0 Å². The van der Waals surface area contributed by atoms with E-state index < -0.39 is 10.0 Å². The molecule has 1 amide bonds. The summed E-state index contributed by atoms with van der Waals surface area (Å²) in [5.74, 6) is -0.330. The third-order valence-corrected chi connectivity index (χ3v) is 3.88. The van der Waals surface area contributed by atoms with E-state index >= 15 is 0 Å². The standard InChI is InChI=1S/C13H16N4O3S/c1-9(16-13(18)12-7-17(2)8-15-12)10-4-3-5-11(6-10)21(14,19)20/h3-9H,1-2H3,(H,16,18)(H2,14,19,20). The number of hydrogen-bond acceptors (Lipinski definition) is 4. The molecule has 3 N–H and O–H groups in total. The van der Waals surface area contributed by atoms with Gasteiger partial charge in [0.2, 0.25) is 10.0 Å². The van der Waals surface area contributed by atoms with Crippen molar-refractivity contribution >= 4 is 15.9 Å². The summed E-state index contributed by atoms with van der Waals surface area (Å²) in [4.78, 5) is 16.0. The summed E-state index contributed by atoms with van der Waals surface area (Å²) in [6.07, 6.45) is 3.13. The number of primary sulfonamides is 1. The van der Waals surface area contributed by atoms with E-state index in [2.05, 4.69) is 10.3 Å². The molecule has 1 unspecified atom stereocenters. The van der Waals surface area contributed by atoms with Crippen molar-refractivity contribution in [3.05, 3.63) is 48.0 Å². The third kappa shape index (κ3) is 3.67. The maximum Gasteiger partial charge on any atom is 0.271 e. The Labute approximate surface area is 122 Å². The Morgan fingerprint density at radius 1 is 1.43 bits per heavy atom. The fraction of sp³-hybridized carbons (Fsp3) is 0.231. The van der Waals surface area contributed by atoms with Crippen LogP contribution >= 0.6 is 0 Å². The Balaban J connectivity index is 2.17. The van der Waals surface area contributed by atoms with E-state index in [1.54, 1.807) is 36.9 Å². The van der Waals surface area contributed by atoms with E-state index in [-0.39, 0.29) is 16.8 Å². The maximum atomic E-state index is 12.0. The summed E-state index contributed by atoms with van der Waals surface area (Å²) < 4.78 is 24.3. The molecular formula is C13H16N4O3S. The minimum absolute atomic E-state index is 0.0129. The molecule has 0 saturated heterocycles. The Bertz CT molecular complexity index is 767. The van der Waals surface area contributed by atoms with Crippen LogP contribution in [0.3, 0.4) is 0 Å². The topological polar surface area (TPSA) is 107 Å². The third-order valence-electron chi connectivity index (χ3n) is 2.97. The van der Waals surface area contributed by atoms with Crippen LogP contribution in [-0.4, -0.2) is 23.9 Å². The van der Waals surface area contributed by atoms with Gasteiger partial charge in [-0.15, -0.1) is 0 Å². The highest BCUT2D eigenvalue weighted by Crippen LogP contribution is 2.17. The summed E-state index contributed by atoms with van der Waals surface area (Å²) in [6, 6.07) is 5.78. The zero-order chi connectivity index (χ0) is 15.6. The van der Waals surface area contributed by atoms with E-state index in [0.717, 1.165) is 0 Å². The molecule has 0 aliphatic heterocycles. The van der Waals surface area contributed by atoms with Gasteiger partial charge in [0.25, 0.3) is 5.91 Å². The summed E-state index contributed by atoms with van der Waals surface area (Å²) in [6.45, 7) is 1.75. The van der Waals surface area contributed by atoms with E-state index in [0.29, 0.717) is 11.3 Å². The number of imidazole rings is 1. The first-order chi connectivity index (χ1) is 9.77. The second-order valence-electron chi connectivity index (χ2n) is 4.74. The first kappa shape index (κ1) is 15.2. The number of sulfonamides is 1. The van der Waals surface area contributed by atoms with Crippen LogP contribution in [0.15, 0.2) is 41.7 Å². The lowest BCUT2D eigenvalue weighted by molar-refractivity contribution is 0.0935. The highest BCUT2D eigenvalue weighted by Gasteiger charge is 2.15. The Kier molecular flexibility index (Phi) is 4.10. The number of amides is 1. The number of aryl methyl sites for hydroxylation is 1. The molecule has 0 aliphatic rings. The van der Waals surface area contributed by atoms with Gasteiger partial charge in [0.15, 0.2) is 0 Å². The van der Waals surface area contributed by atoms with Crippen LogP contribution < -0.4 is 10.5 Å². The van der Waals surface area contributed by atoms with Crippen molar-refractivity contribution in [3.8, 4) is 0 Å². The largest absolute Gasteiger partial charge is 0.344 e. The predicted octanol–water partition coefficient (Wildman–Crippen LogP) is 0.559. The van der Waals surface area contributed by atoms with Gasteiger partial charge in [-0.2, -0.15) is 0 Å². The van der Waals surface area contributed by atoms with Crippen molar-refractivity contribution in [2.45, 2.75) is 17.9 Å². The number of aromatic nitrogens is 2. The quantitative estimate of drug-likeness (QED) is 0.860. The zero-order valence-electron chi connectivity index (χ0n) is 11.6. The van der Waals surface area contributed by atoms with Crippen LogP contribution in [0.4, 0.5) is 0 Å². The van der Waals surface area contributed by atoms with Crippen molar-refractivity contribution in [2.24, 2.45) is 12.2 Å². The lowest BCUT2D eigenvalue weighted by atomic mass is 10.1. The average molecular weight is 308 g/mol. The van der Waals surface area contributed by atoms with Crippen LogP contribution in [-0.2, 0) is 17.1 Å². The van der Waals surface area contributed by atoms with Gasteiger partial charge in [-0.05, 0) is 24.6 Å².